The molecule has 0 spiro atoms. The molecule has 0 atom stereocenters. The molecule has 4 heteroatoms. The number of carbonyl (C=O) groups is 1. The summed E-state index contributed by atoms with van der Waals surface area (Å²) < 4.78 is 13.4. The predicted octanol–water partition coefficient (Wildman–Crippen LogP) is 2.43. The summed E-state index contributed by atoms with van der Waals surface area (Å²) in [5.74, 6) is -0.261. The molecule has 0 fully saturated rings. The summed E-state index contributed by atoms with van der Waals surface area (Å²) in [5.41, 5.74) is 1.33. The van der Waals surface area contributed by atoms with Crippen LogP contribution in [-0.4, -0.2) is 17.6 Å². The standard InChI is InChI=1S/C16H16FNO2/c17-15-7-2-1-5-13(15)8-9-18-16(20)11-12-4-3-6-14(19)10-12/h1-7,10,19H,8-9,11H2,(H,18,20). The van der Waals surface area contributed by atoms with Gasteiger partial charge < -0.3 is 10.4 Å². The van der Waals surface area contributed by atoms with E-state index in [1.807, 2.05) is 0 Å². The molecule has 0 aliphatic carbocycles. The number of benzene rings is 2. The molecule has 0 heterocycles. The molecule has 2 rings (SSSR count). The highest BCUT2D eigenvalue weighted by Gasteiger charge is 2.05. The first-order valence-corrected chi connectivity index (χ1v) is 6.43. The number of phenols is 1. The van der Waals surface area contributed by atoms with Gasteiger partial charge in [0.15, 0.2) is 0 Å². The topological polar surface area (TPSA) is 49.3 Å². The fourth-order valence-corrected chi connectivity index (χ4v) is 1.95. The van der Waals surface area contributed by atoms with Crippen LogP contribution in [0.3, 0.4) is 0 Å². The Kier molecular flexibility index (Phi) is 4.71. The van der Waals surface area contributed by atoms with Crippen molar-refractivity contribution in [2.75, 3.05) is 6.54 Å². The minimum atomic E-state index is -0.255. The quantitative estimate of drug-likeness (QED) is 0.879. The molecule has 0 bridgehead atoms. The van der Waals surface area contributed by atoms with Crippen molar-refractivity contribution in [3.63, 3.8) is 0 Å². The van der Waals surface area contributed by atoms with Crippen LogP contribution < -0.4 is 5.32 Å². The zero-order valence-electron chi connectivity index (χ0n) is 11.0. The number of carbonyl (C=O) groups excluding carboxylic acids is 1. The second kappa shape index (κ2) is 6.70. The Balaban J connectivity index is 1.80. The molecular weight excluding hydrogens is 257 g/mol. The number of phenolic OH excluding ortho intramolecular Hbond substituents is 1. The van der Waals surface area contributed by atoms with Crippen LogP contribution in [0.5, 0.6) is 5.75 Å². The number of rotatable bonds is 5. The van der Waals surface area contributed by atoms with E-state index in [1.165, 1.54) is 6.07 Å². The van der Waals surface area contributed by atoms with E-state index in [2.05, 4.69) is 5.32 Å². The lowest BCUT2D eigenvalue weighted by atomic mass is 10.1. The fraction of sp³-hybridized carbons (Fsp3) is 0.188. The number of halogens is 1. The predicted molar refractivity (Wildman–Crippen MR) is 74.9 cm³/mol. The minimum Gasteiger partial charge on any atom is -0.508 e. The third-order valence-electron chi connectivity index (χ3n) is 2.95. The molecule has 0 aliphatic heterocycles. The average Bonchev–Trinajstić information content (AvgIpc) is 2.41. The molecule has 20 heavy (non-hydrogen) atoms. The third kappa shape index (κ3) is 4.09. The van der Waals surface area contributed by atoms with Crippen molar-refractivity contribution in [2.24, 2.45) is 0 Å². The van der Waals surface area contributed by atoms with Gasteiger partial charge in [-0.15, -0.1) is 0 Å². The summed E-state index contributed by atoms with van der Waals surface area (Å²) in [5, 5.41) is 12.0. The van der Waals surface area contributed by atoms with E-state index in [0.29, 0.717) is 18.5 Å². The van der Waals surface area contributed by atoms with Gasteiger partial charge in [-0.25, -0.2) is 4.39 Å². The molecular formula is C16H16FNO2. The first-order valence-electron chi connectivity index (χ1n) is 6.43. The van der Waals surface area contributed by atoms with E-state index in [4.69, 9.17) is 0 Å². The Labute approximate surface area is 117 Å². The summed E-state index contributed by atoms with van der Waals surface area (Å²) in [7, 11) is 0. The van der Waals surface area contributed by atoms with Gasteiger partial charge in [-0.05, 0) is 35.7 Å². The summed E-state index contributed by atoms with van der Waals surface area (Å²) in [6, 6.07) is 13.1. The van der Waals surface area contributed by atoms with Gasteiger partial charge in [-0.2, -0.15) is 0 Å². The fourth-order valence-electron chi connectivity index (χ4n) is 1.95. The second-order valence-electron chi connectivity index (χ2n) is 4.54. The first-order chi connectivity index (χ1) is 9.65. The van der Waals surface area contributed by atoms with Crippen LogP contribution in [-0.2, 0) is 17.6 Å². The molecule has 0 radical (unpaired) electrons. The number of nitrogens with one attached hydrogen (secondary N) is 1. The molecule has 0 aliphatic rings. The van der Waals surface area contributed by atoms with Gasteiger partial charge in [0.05, 0.1) is 6.42 Å². The zero-order chi connectivity index (χ0) is 14.4. The zero-order valence-corrected chi connectivity index (χ0v) is 11.0. The maximum atomic E-state index is 13.4. The van der Waals surface area contributed by atoms with E-state index in [1.54, 1.807) is 42.5 Å². The molecule has 0 saturated carbocycles. The molecule has 104 valence electrons. The summed E-state index contributed by atoms with van der Waals surface area (Å²) in [4.78, 5) is 11.7. The lowest BCUT2D eigenvalue weighted by Gasteiger charge is -2.06. The van der Waals surface area contributed by atoms with E-state index < -0.39 is 0 Å². The van der Waals surface area contributed by atoms with Crippen molar-refractivity contribution in [2.45, 2.75) is 12.8 Å². The molecule has 0 unspecified atom stereocenters. The second-order valence-corrected chi connectivity index (χ2v) is 4.54. The molecule has 0 saturated heterocycles. The molecule has 2 aromatic rings. The maximum Gasteiger partial charge on any atom is 0.224 e. The van der Waals surface area contributed by atoms with E-state index in [9.17, 15) is 14.3 Å². The van der Waals surface area contributed by atoms with Crippen molar-refractivity contribution >= 4 is 5.91 Å². The largest absolute Gasteiger partial charge is 0.508 e. The van der Waals surface area contributed by atoms with Crippen molar-refractivity contribution in [3.05, 3.63) is 65.5 Å². The van der Waals surface area contributed by atoms with Crippen molar-refractivity contribution in [3.8, 4) is 5.75 Å². The Morgan fingerprint density at radius 1 is 1.15 bits per heavy atom. The van der Waals surface area contributed by atoms with Crippen LogP contribution >= 0.6 is 0 Å². The molecule has 3 nitrogen and oxygen atoms in total. The maximum absolute atomic E-state index is 13.4. The van der Waals surface area contributed by atoms with Crippen LogP contribution in [0.25, 0.3) is 0 Å². The number of hydrogen-bond donors (Lipinski definition) is 2. The van der Waals surface area contributed by atoms with E-state index >= 15 is 0 Å². The summed E-state index contributed by atoms with van der Waals surface area (Å²) in [6.45, 7) is 0.387. The van der Waals surface area contributed by atoms with Gasteiger partial charge >= 0.3 is 0 Å². The highest BCUT2D eigenvalue weighted by Crippen LogP contribution is 2.11. The van der Waals surface area contributed by atoms with Crippen molar-refractivity contribution in [1.29, 1.82) is 0 Å². The number of amides is 1. The van der Waals surface area contributed by atoms with Crippen molar-refractivity contribution in [1.82, 2.24) is 5.32 Å². The van der Waals surface area contributed by atoms with Crippen molar-refractivity contribution < 1.29 is 14.3 Å². The molecule has 2 N–H and O–H groups in total. The highest BCUT2D eigenvalue weighted by molar-refractivity contribution is 5.78. The lowest BCUT2D eigenvalue weighted by Crippen LogP contribution is -2.27. The number of hydrogen-bond acceptors (Lipinski definition) is 2. The first kappa shape index (κ1) is 14.1. The van der Waals surface area contributed by atoms with Crippen LogP contribution in [0.2, 0.25) is 0 Å². The van der Waals surface area contributed by atoms with E-state index in [-0.39, 0.29) is 23.9 Å². The Morgan fingerprint density at radius 3 is 2.70 bits per heavy atom. The minimum absolute atomic E-state index is 0.140. The van der Waals surface area contributed by atoms with Gasteiger partial charge in [-0.1, -0.05) is 30.3 Å². The average molecular weight is 273 g/mol. The monoisotopic (exact) mass is 273 g/mol. The van der Waals surface area contributed by atoms with Gasteiger partial charge in [0.1, 0.15) is 11.6 Å². The van der Waals surface area contributed by atoms with E-state index in [0.717, 1.165) is 5.56 Å². The van der Waals surface area contributed by atoms with Crippen LogP contribution in [0.15, 0.2) is 48.5 Å². The Bertz CT molecular complexity index is 599. The molecule has 1 amide bonds. The Morgan fingerprint density at radius 2 is 1.95 bits per heavy atom. The normalized spacial score (nSPS) is 10.2. The highest BCUT2D eigenvalue weighted by atomic mass is 19.1. The third-order valence-corrected chi connectivity index (χ3v) is 2.95. The molecule has 2 aromatic carbocycles. The van der Waals surface area contributed by atoms with Gasteiger partial charge in [0, 0.05) is 6.54 Å². The van der Waals surface area contributed by atoms with Crippen LogP contribution in [0.1, 0.15) is 11.1 Å². The number of aromatic hydroxyl groups is 1. The van der Waals surface area contributed by atoms with Gasteiger partial charge in [-0.3, -0.25) is 4.79 Å². The molecule has 0 aromatic heterocycles. The lowest BCUT2D eigenvalue weighted by molar-refractivity contribution is -0.120. The Hall–Kier alpha value is -2.36. The van der Waals surface area contributed by atoms with Gasteiger partial charge in [0.25, 0.3) is 0 Å². The van der Waals surface area contributed by atoms with Crippen LogP contribution in [0, 0.1) is 5.82 Å². The summed E-state index contributed by atoms with van der Waals surface area (Å²) >= 11 is 0. The van der Waals surface area contributed by atoms with Crippen LogP contribution in [0.4, 0.5) is 4.39 Å². The van der Waals surface area contributed by atoms with Gasteiger partial charge in [0.2, 0.25) is 5.91 Å². The summed E-state index contributed by atoms with van der Waals surface area (Å²) in [6.07, 6.45) is 0.657. The SMILES string of the molecule is O=C(Cc1cccc(O)c1)NCCc1ccccc1F. The smallest absolute Gasteiger partial charge is 0.224 e.